The first-order valence-electron chi connectivity index (χ1n) is 5.41. The molecule has 0 radical (unpaired) electrons. The lowest BCUT2D eigenvalue weighted by molar-refractivity contribution is -0.117. The van der Waals surface area contributed by atoms with E-state index in [1.165, 1.54) is 25.7 Å². The van der Waals surface area contributed by atoms with Crippen molar-refractivity contribution in [3.63, 3.8) is 0 Å². The van der Waals surface area contributed by atoms with Gasteiger partial charge in [-0.1, -0.05) is 13.8 Å². The van der Waals surface area contributed by atoms with Crippen LogP contribution < -0.4 is 5.32 Å². The molecule has 2 aliphatic rings. The van der Waals surface area contributed by atoms with Gasteiger partial charge in [-0.25, -0.2) is 0 Å². The van der Waals surface area contributed by atoms with Crippen LogP contribution >= 0.6 is 0 Å². The molecular formula is C11H18N2O. The number of carbonyl (C=O) groups is 1. The minimum atomic E-state index is 0.0600. The van der Waals surface area contributed by atoms with Crippen molar-refractivity contribution in [2.24, 2.45) is 16.3 Å². The van der Waals surface area contributed by atoms with Crippen molar-refractivity contribution in [2.75, 3.05) is 6.54 Å². The van der Waals surface area contributed by atoms with Crippen LogP contribution in [-0.2, 0) is 4.79 Å². The van der Waals surface area contributed by atoms with Gasteiger partial charge in [-0.05, 0) is 31.1 Å². The minimum Gasteiger partial charge on any atom is -0.313 e. The highest BCUT2D eigenvalue weighted by molar-refractivity contribution is 6.04. The zero-order valence-electron chi connectivity index (χ0n) is 8.97. The standard InChI is InChI=1S/C11H18N2O/c1-11(2)5-3-8(4-6-11)10-12-7-9(14)13-10/h8H,3-7H2,1-2H3,(H,12,13,14). The highest BCUT2D eigenvalue weighted by atomic mass is 16.2. The summed E-state index contributed by atoms with van der Waals surface area (Å²) in [6.07, 6.45) is 4.83. The maximum absolute atomic E-state index is 11.0. The van der Waals surface area contributed by atoms with Gasteiger partial charge in [0.2, 0.25) is 5.91 Å². The molecule has 0 unspecified atom stereocenters. The largest absolute Gasteiger partial charge is 0.313 e. The Balaban J connectivity index is 1.93. The number of nitrogens with one attached hydrogen (secondary N) is 1. The van der Waals surface area contributed by atoms with Gasteiger partial charge in [0.1, 0.15) is 12.4 Å². The van der Waals surface area contributed by atoms with Gasteiger partial charge in [0.05, 0.1) is 0 Å². The smallest absolute Gasteiger partial charge is 0.247 e. The minimum absolute atomic E-state index is 0.0600. The number of nitrogens with zero attached hydrogens (tertiary/aromatic N) is 1. The molecule has 0 aromatic rings. The normalized spacial score (nSPS) is 27.3. The fraction of sp³-hybridized carbons (Fsp3) is 0.818. The molecule has 1 aliphatic carbocycles. The maximum Gasteiger partial charge on any atom is 0.247 e. The summed E-state index contributed by atoms with van der Waals surface area (Å²) < 4.78 is 0. The number of amidine groups is 1. The molecule has 3 nitrogen and oxygen atoms in total. The molecule has 1 aliphatic heterocycles. The summed E-state index contributed by atoms with van der Waals surface area (Å²) in [5.74, 6) is 1.52. The van der Waals surface area contributed by atoms with Crippen LogP contribution in [0.15, 0.2) is 4.99 Å². The SMILES string of the molecule is CC1(C)CCC(C2=NCC(=O)N2)CC1. The second-order valence-electron chi connectivity index (χ2n) is 5.19. The Hall–Kier alpha value is -0.860. The Morgan fingerprint density at radius 3 is 2.50 bits per heavy atom. The number of hydrogen-bond acceptors (Lipinski definition) is 2. The van der Waals surface area contributed by atoms with E-state index < -0.39 is 0 Å². The average molecular weight is 194 g/mol. The molecule has 0 atom stereocenters. The van der Waals surface area contributed by atoms with E-state index in [1.54, 1.807) is 0 Å². The van der Waals surface area contributed by atoms with Crippen molar-refractivity contribution in [3.05, 3.63) is 0 Å². The predicted molar refractivity (Wildman–Crippen MR) is 56.2 cm³/mol. The van der Waals surface area contributed by atoms with E-state index in [0.717, 1.165) is 5.84 Å². The summed E-state index contributed by atoms with van der Waals surface area (Å²) in [5.41, 5.74) is 0.486. The fourth-order valence-electron chi connectivity index (χ4n) is 2.28. The van der Waals surface area contributed by atoms with Crippen molar-refractivity contribution in [2.45, 2.75) is 39.5 Å². The molecule has 1 fully saturated rings. The van der Waals surface area contributed by atoms with Gasteiger partial charge in [-0.3, -0.25) is 9.79 Å². The fourth-order valence-corrected chi connectivity index (χ4v) is 2.28. The monoisotopic (exact) mass is 194 g/mol. The van der Waals surface area contributed by atoms with E-state index in [-0.39, 0.29) is 5.91 Å². The van der Waals surface area contributed by atoms with Crippen LogP contribution in [0.25, 0.3) is 0 Å². The summed E-state index contributed by atoms with van der Waals surface area (Å²) in [6, 6.07) is 0. The molecule has 0 spiro atoms. The van der Waals surface area contributed by atoms with Crippen LogP contribution in [-0.4, -0.2) is 18.3 Å². The van der Waals surface area contributed by atoms with Crippen LogP contribution in [0.2, 0.25) is 0 Å². The number of aliphatic imine (C=N–C) groups is 1. The number of rotatable bonds is 1. The van der Waals surface area contributed by atoms with Crippen LogP contribution in [0, 0.1) is 11.3 Å². The molecule has 0 aromatic heterocycles. The molecule has 0 saturated heterocycles. The highest BCUT2D eigenvalue weighted by Gasteiger charge is 2.31. The number of amides is 1. The molecule has 3 heteroatoms. The molecule has 0 aromatic carbocycles. The number of carbonyl (C=O) groups excluding carboxylic acids is 1. The Labute approximate surface area is 85.0 Å². The van der Waals surface area contributed by atoms with Gasteiger partial charge < -0.3 is 5.32 Å². The van der Waals surface area contributed by atoms with E-state index in [2.05, 4.69) is 24.2 Å². The first kappa shape index (κ1) is 9.69. The molecule has 0 bridgehead atoms. The summed E-state index contributed by atoms with van der Waals surface area (Å²) >= 11 is 0. The van der Waals surface area contributed by atoms with Crippen LogP contribution in [0.1, 0.15) is 39.5 Å². The zero-order chi connectivity index (χ0) is 10.2. The van der Waals surface area contributed by atoms with E-state index in [0.29, 0.717) is 17.9 Å². The molecule has 2 rings (SSSR count). The molecule has 14 heavy (non-hydrogen) atoms. The van der Waals surface area contributed by atoms with Crippen molar-refractivity contribution in [1.82, 2.24) is 5.32 Å². The molecule has 1 saturated carbocycles. The van der Waals surface area contributed by atoms with Gasteiger partial charge in [0.25, 0.3) is 0 Å². The lowest BCUT2D eigenvalue weighted by atomic mass is 9.73. The lowest BCUT2D eigenvalue weighted by Gasteiger charge is -2.34. The Bertz CT molecular complexity index is 271. The quantitative estimate of drug-likeness (QED) is 0.678. The summed E-state index contributed by atoms with van der Waals surface area (Å²) in [7, 11) is 0. The molecule has 1 heterocycles. The van der Waals surface area contributed by atoms with Crippen LogP contribution in [0.5, 0.6) is 0 Å². The summed E-state index contributed by atoms with van der Waals surface area (Å²) in [6.45, 7) is 4.98. The number of hydrogen-bond donors (Lipinski definition) is 1. The van der Waals surface area contributed by atoms with Crippen molar-refractivity contribution in [3.8, 4) is 0 Å². The summed E-state index contributed by atoms with van der Waals surface area (Å²) in [4.78, 5) is 15.2. The van der Waals surface area contributed by atoms with Gasteiger partial charge in [-0.15, -0.1) is 0 Å². The van der Waals surface area contributed by atoms with E-state index >= 15 is 0 Å². The van der Waals surface area contributed by atoms with Crippen LogP contribution in [0.4, 0.5) is 0 Å². The molecule has 1 amide bonds. The first-order chi connectivity index (χ1) is 6.57. The molecule has 1 N–H and O–H groups in total. The van der Waals surface area contributed by atoms with Gasteiger partial charge >= 0.3 is 0 Å². The van der Waals surface area contributed by atoms with E-state index in [1.807, 2.05) is 0 Å². The zero-order valence-corrected chi connectivity index (χ0v) is 8.97. The van der Waals surface area contributed by atoms with Crippen molar-refractivity contribution in [1.29, 1.82) is 0 Å². The Kier molecular flexibility index (Phi) is 2.33. The van der Waals surface area contributed by atoms with Gasteiger partial charge in [0.15, 0.2) is 0 Å². The predicted octanol–water partition coefficient (Wildman–Crippen LogP) is 1.73. The topological polar surface area (TPSA) is 41.5 Å². The Morgan fingerprint density at radius 2 is 2.00 bits per heavy atom. The van der Waals surface area contributed by atoms with Gasteiger partial charge in [0, 0.05) is 5.92 Å². The van der Waals surface area contributed by atoms with Crippen molar-refractivity contribution < 1.29 is 4.79 Å². The third-order valence-corrected chi connectivity index (χ3v) is 3.39. The van der Waals surface area contributed by atoms with Crippen molar-refractivity contribution >= 4 is 11.7 Å². The lowest BCUT2D eigenvalue weighted by Crippen LogP contribution is -2.34. The molecule has 78 valence electrons. The first-order valence-corrected chi connectivity index (χ1v) is 5.41. The van der Waals surface area contributed by atoms with Crippen LogP contribution in [0.3, 0.4) is 0 Å². The Morgan fingerprint density at radius 1 is 1.36 bits per heavy atom. The second-order valence-corrected chi connectivity index (χ2v) is 5.19. The molecular weight excluding hydrogens is 176 g/mol. The third-order valence-electron chi connectivity index (χ3n) is 3.39. The van der Waals surface area contributed by atoms with E-state index in [9.17, 15) is 4.79 Å². The highest BCUT2D eigenvalue weighted by Crippen LogP contribution is 2.38. The average Bonchev–Trinajstić information content (AvgIpc) is 2.52. The maximum atomic E-state index is 11.0. The van der Waals surface area contributed by atoms with E-state index in [4.69, 9.17) is 0 Å². The summed E-state index contributed by atoms with van der Waals surface area (Å²) in [5, 5.41) is 2.86. The second kappa shape index (κ2) is 3.37. The van der Waals surface area contributed by atoms with Gasteiger partial charge in [-0.2, -0.15) is 0 Å². The third kappa shape index (κ3) is 1.97.